The summed E-state index contributed by atoms with van der Waals surface area (Å²) in [6.45, 7) is 3.37. The number of likely N-dealkylation sites (tertiary alicyclic amines) is 1. The molecule has 114 valence electrons. The van der Waals surface area contributed by atoms with Crippen LogP contribution >= 0.6 is 0 Å². The lowest BCUT2D eigenvalue weighted by molar-refractivity contribution is -0.145. The van der Waals surface area contributed by atoms with Gasteiger partial charge in [0, 0.05) is 37.8 Å². The molecule has 21 heavy (non-hydrogen) atoms. The third-order valence-corrected chi connectivity index (χ3v) is 4.52. The fourth-order valence-corrected chi connectivity index (χ4v) is 2.98. The van der Waals surface area contributed by atoms with Crippen LogP contribution in [0.4, 0.5) is 0 Å². The molecule has 1 aliphatic heterocycles. The van der Waals surface area contributed by atoms with Crippen LogP contribution < -0.4 is 0 Å². The minimum atomic E-state index is -0.787. The predicted octanol–water partition coefficient (Wildman–Crippen LogP) is 2.27. The van der Waals surface area contributed by atoms with Crippen molar-refractivity contribution in [1.29, 1.82) is 0 Å². The van der Waals surface area contributed by atoms with Crippen LogP contribution in [-0.4, -0.2) is 35.0 Å². The summed E-state index contributed by atoms with van der Waals surface area (Å²) in [5.74, 6) is 2.65. The summed E-state index contributed by atoms with van der Waals surface area (Å²) >= 11 is 0. The second kappa shape index (κ2) is 5.54. The molecule has 5 nitrogen and oxygen atoms in total. The molecule has 1 amide bonds. The predicted molar refractivity (Wildman–Crippen MR) is 75.9 cm³/mol. The first-order valence-electron chi connectivity index (χ1n) is 7.61. The third kappa shape index (κ3) is 3.28. The molecule has 5 heteroatoms. The summed E-state index contributed by atoms with van der Waals surface area (Å²) in [6.07, 6.45) is 2.42. The molecule has 0 bridgehead atoms. The van der Waals surface area contributed by atoms with Gasteiger partial charge in [0.15, 0.2) is 0 Å². The van der Waals surface area contributed by atoms with Crippen LogP contribution in [0.3, 0.4) is 0 Å². The molecule has 1 saturated carbocycles. The Hall–Kier alpha value is -1.78. The zero-order valence-corrected chi connectivity index (χ0v) is 12.2. The van der Waals surface area contributed by atoms with E-state index < -0.39 is 5.97 Å². The smallest absolute Gasteiger partial charge is 0.303 e. The quantitative estimate of drug-likeness (QED) is 0.872. The molecule has 1 saturated heterocycles. The summed E-state index contributed by atoms with van der Waals surface area (Å²) in [4.78, 5) is 24.3. The second-order valence-electron chi connectivity index (χ2n) is 6.39. The lowest BCUT2D eigenvalue weighted by Crippen LogP contribution is -2.50. The van der Waals surface area contributed by atoms with Crippen LogP contribution in [-0.2, 0) is 16.0 Å². The fraction of sp³-hybridized carbons (Fsp3) is 0.625. The van der Waals surface area contributed by atoms with E-state index in [2.05, 4.69) is 6.92 Å². The van der Waals surface area contributed by atoms with Crippen molar-refractivity contribution in [3.8, 4) is 0 Å². The Kier molecular flexibility index (Phi) is 3.74. The van der Waals surface area contributed by atoms with Crippen molar-refractivity contribution in [1.82, 2.24) is 4.90 Å². The lowest BCUT2D eigenvalue weighted by atomic mass is 9.96. The van der Waals surface area contributed by atoms with E-state index >= 15 is 0 Å². The van der Waals surface area contributed by atoms with Gasteiger partial charge in [0.25, 0.3) is 0 Å². The molecule has 1 aliphatic carbocycles. The van der Waals surface area contributed by atoms with Crippen LogP contribution in [0.15, 0.2) is 16.5 Å². The van der Waals surface area contributed by atoms with Gasteiger partial charge in [-0.2, -0.15) is 0 Å². The number of rotatable bonds is 6. The molecule has 3 rings (SSSR count). The molecular formula is C16H21NO4. The average Bonchev–Trinajstić information content (AvgIpc) is 2.93. The van der Waals surface area contributed by atoms with Gasteiger partial charge in [-0.15, -0.1) is 0 Å². The molecule has 2 fully saturated rings. The molecule has 1 aromatic heterocycles. The zero-order valence-electron chi connectivity index (χ0n) is 12.2. The number of amides is 1. The number of hydrogen-bond donors (Lipinski definition) is 1. The molecular weight excluding hydrogens is 270 g/mol. The lowest BCUT2D eigenvalue weighted by Gasteiger charge is -2.38. The van der Waals surface area contributed by atoms with E-state index in [4.69, 9.17) is 9.52 Å². The normalized spacial score (nSPS) is 24.7. The minimum Gasteiger partial charge on any atom is -0.481 e. The van der Waals surface area contributed by atoms with Crippen molar-refractivity contribution in [2.45, 2.75) is 38.5 Å². The number of carbonyl (C=O) groups is 2. The summed E-state index contributed by atoms with van der Waals surface area (Å²) in [5.41, 5.74) is 0. The van der Waals surface area contributed by atoms with Crippen LogP contribution in [0.25, 0.3) is 0 Å². The Bertz CT molecular complexity index is 544. The van der Waals surface area contributed by atoms with Gasteiger partial charge in [0.05, 0.1) is 6.42 Å². The van der Waals surface area contributed by atoms with Crippen LogP contribution in [0.1, 0.15) is 43.6 Å². The molecule has 1 N–H and O–H groups in total. The number of carboxylic acids is 1. The van der Waals surface area contributed by atoms with E-state index in [0.717, 1.165) is 17.4 Å². The van der Waals surface area contributed by atoms with Gasteiger partial charge in [-0.3, -0.25) is 9.59 Å². The van der Waals surface area contributed by atoms with E-state index in [1.165, 1.54) is 6.42 Å². The van der Waals surface area contributed by atoms with E-state index in [1.807, 2.05) is 12.1 Å². The maximum atomic E-state index is 12.0. The summed E-state index contributed by atoms with van der Waals surface area (Å²) in [5, 5.41) is 8.68. The zero-order chi connectivity index (χ0) is 15.0. The van der Waals surface area contributed by atoms with Crippen LogP contribution in [0.2, 0.25) is 0 Å². The van der Waals surface area contributed by atoms with E-state index in [1.54, 1.807) is 4.90 Å². The van der Waals surface area contributed by atoms with E-state index in [9.17, 15) is 9.59 Å². The standard InChI is InChI=1S/C16H21NO4/c1-10-6-13(10)14-4-2-12(21-14)3-5-15(18)17-8-11(9-17)7-16(19)20/h2,4,10-11,13H,3,5-9H2,1H3,(H,19,20). The highest BCUT2D eigenvalue weighted by molar-refractivity contribution is 5.77. The van der Waals surface area contributed by atoms with Crippen LogP contribution in [0.5, 0.6) is 0 Å². The van der Waals surface area contributed by atoms with Crippen molar-refractivity contribution in [2.75, 3.05) is 13.1 Å². The summed E-state index contributed by atoms with van der Waals surface area (Å²) in [7, 11) is 0. The topological polar surface area (TPSA) is 70.8 Å². The first-order chi connectivity index (χ1) is 10.0. The van der Waals surface area contributed by atoms with E-state index in [-0.39, 0.29) is 18.2 Å². The molecule has 2 aliphatic rings. The monoisotopic (exact) mass is 291 g/mol. The number of aryl methyl sites for hydroxylation is 1. The molecule has 1 aromatic rings. The number of furan rings is 1. The Balaban J connectivity index is 1.40. The molecule has 0 spiro atoms. The molecule has 0 aromatic carbocycles. The van der Waals surface area contributed by atoms with Crippen molar-refractivity contribution < 1.29 is 19.1 Å². The molecule has 0 radical (unpaired) electrons. The second-order valence-corrected chi connectivity index (χ2v) is 6.39. The number of aliphatic carboxylic acids is 1. The first kappa shape index (κ1) is 14.2. The van der Waals surface area contributed by atoms with Gasteiger partial charge in [-0.1, -0.05) is 6.92 Å². The summed E-state index contributed by atoms with van der Waals surface area (Å²) < 4.78 is 5.79. The Morgan fingerprint density at radius 1 is 1.38 bits per heavy atom. The van der Waals surface area contributed by atoms with Gasteiger partial charge in [0.2, 0.25) is 5.91 Å². The van der Waals surface area contributed by atoms with Gasteiger partial charge in [0.1, 0.15) is 11.5 Å². The number of nitrogens with zero attached hydrogens (tertiary/aromatic N) is 1. The Morgan fingerprint density at radius 2 is 2.10 bits per heavy atom. The van der Waals surface area contributed by atoms with Gasteiger partial charge < -0.3 is 14.4 Å². The minimum absolute atomic E-state index is 0.0920. The first-order valence-corrected chi connectivity index (χ1v) is 7.61. The van der Waals surface area contributed by atoms with Crippen molar-refractivity contribution in [3.05, 3.63) is 23.7 Å². The molecule has 2 heterocycles. The average molecular weight is 291 g/mol. The van der Waals surface area contributed by atoms with Crippen molar-refractivity contribution >= 4 is 11.9 Å². The van der Waals surface area contributed by atoms with E-state index in [0.29, 0.717) is 31.8 Å². The van der Waals surface area contributed by atoms with Gasteiger partial charge in [-0.05, 0) is 24.5 Å². The Labute approximate surface area is 123 Å². The highest BCUT2D eigenvalue weighted by Gasteiger charge is 2.36. The van der Waals surface area contributed by atoms with Gasteiger partial charge in [-0.25, -0.2) is 0 Å². The van der Waals surface area contributed by atoms with Crippen LogP contribution in [0, 0.1) is 11.8 Å². The van der Waals surface area contributed by atoms with Gasteiger partial charge >= 0.3 is 5.97 Å². The van der Waals surface area contributed by atoms with Crippen molar-refractivity contribution in [3.63, 3.8) is 0 Å². The third-order valence-electron chi connectivity index (χ3n) is 4.52. The highest BCUT2D eigenvalue weighted by Crippen LogP contribution is 2.47. The number of hydrogen-bond acceptors (Lipinski definition) is 3. The SMILES string of the molecule is CC1CC1c1ccc(CCC(=O)N2CC(CC(=O)O)C2)o1. The Morgan fingerprint density at radius 3 is 2.71 bits per heavy atom. The fourth-order valence-electron chi connectivity index (χ4n) is 2.98. The highest BCUT2D eigenvalue weighted by atomic mass is 16.4. The van der Waals surface area contributed by atoms with Crippen molar-refractivity contribution in [2.24, 2.45) is 11.8 Å². The summed E-state index contributed by atoms with van der Waals surface area (Å²) in [6, 6.07) is 4.00. The number of carbonyl (C=O) groups excluding carboxylic acids is 1. The number of carboxylic acid groups (broad SMARTS) is 1. The molecule has 2 unspecified atom stereocenters. The maximum absolute atomic E-state index is 12.0. The molecule has 2 atom stereocenters. The maximum Gasteiger partial charge on any atom is 0.303 e. The largest absolute Gasteiger partial charge is 0.481 e.